The van der Waals surface area contributed by atoms with Gasteiger partial charge in [-0.15, -0.1) is 0 Å². The highest BCUT2D eigenvalue weighted by Crippen LogP contribution is 2.00. The zero-order valence-electron chi connectivity index (χ0n) is 7.74. The van der Waals surface area contributed by atoms with Gasteiger partial charge in [-0.25, -0.2) is 9.18 Å². The van der Waals surface area contributed by atoms with E-state index in [9.17, 15) is 9.18 Å². The summed E-state index contributed by atoms with van der Waals surface area (Å²) in [5.41, 5.74) is 0.652. The van der Waals surface area contributed by atoms with Crippen molar-refractivity contribution in [3.05, 3.63) is 35.6 Å². The molecule has 0 aliphatic carbocycles. The lowest BCUT2D eigenvalue weighted by Crippen LogP contribution is -1.98. The normalized spacial score (nSPS) is 10.4. The number of ether oxygens (including phenoxy) is 1. The van der Waals surface area contributed by atoms with Crippen molar-refractivity contribution >= 4 is 12.3 Å². The van der Waals surface area contributed by atoms with Crippen LogP contribution in [-0.4, -0.2) is 18.9 Å². The summed E-state index contributed by atoms with van der Waals surface area (Å²) in [4.78, 5) is 14.3. The van der Waals surface area contributed by atoms with E-state index in [0.717, 1.165) is 0 Å². The highest BCUT2D eigenvalue weighted by atomic mass is 19.1. The summed E-state index contributed by atoms with van der Waals surface area (Å²) in [6, 6.07) is 5.65. The Kier molecular flexibility index (Phi) is 3.79. The van der Waals surface area contributed by atoms with Crippen molar-refractivity contribution in [1.29, 1.82) is 0 Å². The number of benzene rings is 1. The van der Waals surface area contributed by atoms with Gasteiger partial charge in [0.05, 0.1) is 6.61 Å². The lowest BCUT2D eigenvalue weighted by molar-refractivity contribution is 0.164. The van der Waals surface area contributed by atoms with Gasteiger partial charge in [0.25, 0.3) is 0 Å². The van der Waals surface area contributed by atoms with Crippen LogP contribution in [0.3, 0.4) is 0 Å². The van der Waals surface area contributed by atoms with E-state index in [0.29, 0.717) is 12.2 Å². The summed E-state index contributed by atoms with van der Waals surface area (Å²) in [6.07, 6.45) is 0.689. The molecule has 1 aromatic rings. The molecule has 1 amide bonds. The quantitative estimate of drug-likeness (QED) is 0.679. The maximum Gasteiger partial charge on any atom is 0.433 e. The van der Waals surface area contributed by atoms with Gasteiger partial charge < -0.3 is 4.74 Å². The molecule has 0 saturated carbocycles. The Labute approximate surface area is 81.2 Å². The second-order valence-corrected chi connectivity index (χ2v) is 2.51. The van der Waals surface area contributed by atoms with Crippen LogP contribution in [0.5, 0.6) is 0 Å². The second-order valence-electron chi connectivity index (χ2n) is 2.51. The van der Waals surface area contributed by atoms with Gasteiger partial charge in [0.2, 0.25) is 0 Å². The maximum atomic E-state index is 12.5. The van der Waals surface area contributed by atoms with Crippen molar-refractivity contribution < 1.29 is 13.9 Å². The van der Waals surface area contributed by atoms with E-state index in [2.05, 4.69) is 9.73 Å². The number of aliphatic imine (C=N–C) groups is 1. The fraction of sp³-hybridized carbons (Fsp3) is 0.200. The molecule has 4 heteroatoms. The molecule has 0 aliphatic rings. The molecule has 0 radical (unpaired) electrons. The van der Waals surface area contributed by atoms with Crippen LogP contribution in [0, 0.1) is 5.82 Å². The summed E-state index contributed by atoms with van der Waals surface area (Å²) in [5, 5.41) is 0. The average Bonchev–Trinajstić information content (AvgIpc) is 2.17. The Morgan fingerprint density at radius 1 is 1.50 bits per heavy atom. The van der Waals surface area contributed by atoms with Crippen molar-refractivity contribution in [3.8, 4) is 0 Å². The molecule has 0 bridgehead atoms. The van der Waals surface area contributed by atoms with Crippen molar-refractivity contribution in [2.24, 2.45) is 4.99 Å². The number of carbonyl (C=O) groups excluding carboxylic acids is 1. The minimum Gasteiger partial charge on any atom is -0.448 e. The SMILES string of the molecule is CCOC(=O)/N=C/c1ccc(F)cc1. The standard InChI is InChI=1S/C10H10FNO2/c1-2-14-10(13)12-7-8-3-5-9(11)6-4-8/h3-7H,2H2,1H3/b12-7+. The Hall–Kier alpha value is -1.71. The molecule has 0 aliphatic heterocycles. The molecule has 14 heavy (non-hydrogen) atoms. The average molecular weight is 195 g/mol. The molecule has 0 fully saturated rings. The number of hydrogen-bond acceptors (Lipinski definition) is 2. The Morgan fingerprint density at radius 3 is 2.71 bits per heavy atom. The minimum atomic E-state index is -0.642. The predicted molar refractivity (Wildman–Crippen MR) is 51.0 cm³/mol. The van der Waals surface area contributed by atoms with Gasteiger partial charge in [-0.2, -0.15) is 4.99 Å². The number of halogens is 1. The molecular weight excluding hydrogens is 185 g/mol. The van der Waals surface area contributed by atoms with Gasteiger partial charge in [0.1, 0.15) is 5.82 Å². The molecule has 0 atom stereocenters. The summed E-state index contributed by atoms with van der Waals surface area (Å²) < 4.78 is 17.0. The molecule has 1 aromatic carbocycles. The van der Waals surface area contributed by atoms with Gasteiger partial charge in [0.15, 0.2) is 0 Å². The largest absolute Gasteiger partial charge is 0.448 e. The van der Waals surface area contributed by atoms with Crippen molar-refractivity contribution in [1.82, 2.24) is 0 Å². The molecule has 0 spiro atoms. The number of carbonyl (C=O) groups is 1. The first-order chi connectivity index (χ1) is 6.72. The highest BCUT2D eigenvalue weighted by molar-refractivity contribution is 5.88. The van der Waals surface area contributed by atoms with Gasteiger partial charge in [0, 0.05) is 6.21 Å². The molecule has 74 valence electrons. The summed E-state index contributed by atoms with van der Waals surface area (Å²) in [7, 11) is 0. The molecule has 0 aromatic heterocycles. The maximum absolute atomic E-state index is 12.5. The number of nitrogens with zero attached hydrogens (tertiary/aromatic N) is 1. The smallest absolute Gasteiger partial charge is 0.433 e. The second kappa shape index (κ2) is 5.11. The number of hydrogen-bond donors (Lipinski definition) is 0. The van der Waals surface area contributed by atoms with Crippen LogP contribution in [0.1, 0.15) is 12.5 Å². The monoisotopic (exact) mass is 195 g/mol. The van der Waals surface area contributed by atoms with Crippen LogP contribution in [0.25, 0.3) is 0 Å². The molecular formula is C10H10FNO2. The van der Waals surface area contributed by atoms with Crippen molar-refractivity contribution in [2.75, 3.05) is 6.61 Å². The third-order valence-electron chi connectivity index (χ3n) is 1.46. The third-order valence-corrected chi connectivity index (χ3v) is 1.46. The van der Waals surface area contributed by atoms with E-state index < -0.39 is 6.09 Å². The summed E-state index contributed by atoms with van der Waals surface area (Å²) in [5.74, 6) is -0.321. The van der Waals surface area contributed by atoms with Gasteiger partial charge in [-0.1, -0.05) is 12.1 Å². The molecule has 1 rings (SSSR count). The van der Waals surface area contributed by atoms with Crippen LogP contribution in [0.4, 0.5) is 9.18 Å². The molecule has 3 nitrogen and oxygen atoms in total. The summed E-state index contributed by atoms with van der Waals surface area (Å²) in [6.45, 7) is 1.99. The van der Waals surface area contributed by atoms with Crippen molar-refractivity contribution in [2.45, 2.75) is 6.92 Å². The predicted octanol–water partition coefficient (Wildman–Crippen LogP) is 2.40. The van der Waals surface area contributed by atoms with Gasteiger partial charge >= 0.3 is 6.09 Å². The first-order valence-corrected chi connectivity index (χ1v) is 4.18. The van der Waals surface area contributed by atoms with Crippen LogP contribution in [-0.2, 0) is 4.74 Å². The fourth-order valence-corrected chi connectivity index (χ4v) is 0.837. The zero-order chi connectivity index (χ0) is 10.4. The van der Waals surface area contributed by atoms with Crippen LogP contribution >= 0.6 is 0 Å². The lowest BCUT2D eigenvalue weighted by atomic mass is 10.2. The first-order valence-electron chi connectivity index (χ1n) is 4.18. The van der Waals surface area contributed by atoms with Gasteiger partial charge in [-0.3, -0.25) is 0 Å². The number of rotatable bonds is 2. The Bertz CT molecular complexity index is 332. The first kappa shape index (κ1) is 10.4. The third kappa shape index (κ3) is 3.35. The minimum absolute atomic E-state index is 0.291. The lowest BCUT2D eigenvalue weighted by Gasteiger charge is -1.94. The highest BCUT2D eigenvalue weighted by Gasteiger charge is 1.95. The van der Waals surface area contributed by atoms with E-state index in [1.165, 1.54) is 30.5 Å². The number of amides is 1. The Morgan fingerprint density at radius 2 is 2.14 bits per heavy atom. The van der Waals surface area contributed by atoms with Gasteiger partial charge in [-0.05, 0) is 24.6 Å². The molecule has 0 heterocycles. The Balaban J connectivity index is 2.60. The van der Waals surface area contributed by atoms with Crippen LogP contribution < -0.4 is 0 Å². The van der Waals surface area contributed by atoms with E-state index in [-0.39, 0.29) is 5.82 Å². The fourth-order valence-electron chi connectivity index (χ4n) is 0.837. The molecule has 0 unspecified atom stereocenters. The van der Waals surface area contributed by atoms with Crippen LogP contribution in [0.15, 0.2) is 29.3 Å². The zero-order valence-corrected chi connectivity index (χ0v) is 7.74. The molecule has 0 saturated heterocycles. The van der Waals surface area contributed by atoms with E-state index in [1.54, 1.807) is 6.92 Å². The summed E-state index contributed by atoms with van der Waals surface area (Å²) >= 11 is 0. The van der Waals surface area contributed by atoms with E-state index in [1.807, 2.05) is 0 Å². The van der Waals surface area contributed by atoms with E-state index in [4.69, 9.17) is 0 Å². The van der Waals surface area contributed by atoms with Crippen molar-refractivity contribution in [3.63, 3.8) is 0 Å². The van der Waals surface area contributed by atoms with E-state index >= 15 is 0 Å². The topological polar surface area (TPSA) is 38.7 Å². The molecule has 0 N–H and O–H groups in total. The van der Waals surface area contributed by atoms with Crippen LogP contribution in [0.2, 0.25) is 0 Å².